The number of hydrogen-bond donors (Lipinski definition) is 1. The van der Waals surface area contributed by atoms with Crippen LogP contribution in [0.5, 0.6) is 0 Å². The molecule has 0 saturated heterocycles. The van der Waals surface area contributed by atoms with Crippen molar-refractivity contribution in [2.45, 2.75) is 51.5 Å². The summed E-state index contributed by atoms with van der Waals surface area (Å²) in [5.74, 6) is 2.22. The Bertz CT molecular complexity index is 918. The Balaban J connectivity index is 1.37. The van der Waals surface area contributed by atoms with Crippen LogP contribution in [0.3, 0.4) is 0 Å². The van der Waals surface area contributed by atoms with Crippen LogP contribution in [0.1, 0.15) is 55.8 Å². The molecule has 1 amide bonds. The van der Waals surface area contributed by atoms with Crippen molar-refractivity contribution >= 4 is 11.6 Å². The summed E-state index contributed by atoms with van der Waals surface area (Å²) < 4.78 is 1.58. The molecule has 4 fully saturated rings. The van der Waals surface area contributed by atoms with E-state index in [1.807, 2.05) is 0 Å². The number of hydrogen-bond acceptors (Lipinski definition) is 4. The average Bonchev–Trinajstić information content (AvgIpc) is 3.21. The summed E-state index contributed by atoms with van der Waals surface area (Å²) >= 11 is 0. The SMILES string of the molecule is CC(NC(=O)c1ccc(-n2ccnc2)c([N+](=O)[O-])c1)C12CC3CC(CC(C3)C1)C2. The predicted molar refractivity (Wildman–Crippen MR) is 108 cm³/mol. The average molecular weight is 394 g/mol. The number of nitrogens with zero attached hydrogens (tertiary/aromatic N) is 3. The van der Waals surface area contributed by atoms with E-state index < -0.39 is 4.92 Å². The van der Waals surface area contributed by atoms with Gasteiger partial charge in [0.2, 0.25) is 0 Å². The van der Waals surface area contributed by atoms with Gasteiger partial charge in [0.1, 0.15) is 5.69 Å². The highest BCUT2D eigenvalue weighted by Crippen LogP contribution is 2.61. The summed E-state index contributed by atoms with van der Waals surface area (Å²) in [6.07, 6.45) is 12.4. The summed E-state index contributed by atoms with van der Waals surface area (Å²) in [4.78, 5) is 28.0. The molecule has 0 aliphatic heterocycles. The topological polar surface area (TPSA) is 90.1 Å². The van der Waals surface area contributed by atoms with Crippen molar-refractivity contribution in [1.29, 1.82) is 0 Å². The maximum Gasteiger partial charge on any atom is 0.294 e. The zero-order valence-corrected chi connectivity index (χ0v) is 16.6. The van der Waals surface area contributed by atoms with E-state index in [1.165, 1.54) is 50.9 Å². The third-order valence-electron chi connectivity index (χ3n) is 7.57. The summed E-state index contributed by atoms with van der Waals surface area (Å²) in [7, 11) is 0. The van der Waals surface area contributed by atoms with Gasteiger partial charge in [0.05, 0.1) is 11.3 Å². The van der Waals surface area contributed by atoms with Crippen molar-refractivity contribution in [3.63, 3.8) is 0 Å². The number of nitro benzene ring substituents is 1. The van der Waals surface area contributed by atoms with Gasteiger partial charge >= 0.3 is 0 Å². The molecule has 7 heteroatoms. The molecule has 1 heterocycles. The monoisotopic (exact) mass is 394 g/mol. The first kappa shape index (κ1) is 18.3. The molecular weight excluding hydrogens is 368 g/mol. The Kier molecular flexibility index (Phi) is 4.22. The van der Waals surface area contributed by atoms with E-state index in [4.69, 9.17) is 0 Å². The van der Waals surface area contributed by atoms with Gasteiger partial charge in [-0.05, 0) is 80.8 Å². The third-order valence-corrected chi connectivity index (χ3v) is 7.57. The molecule has 0 radical (unpaired) electrons. The number of aromatic nitrogens is 2. The molecule has 1 aromatic heterocycles. The Hall–Kier alpha value is -2.70. The maximum atomic E-state index is 13.0. The van der Waals surface area contributed by atoms with Crippen molar-refractivity contribution < 1.29 is 9.72 Å². The Morgan fingerprint density at radius 2 is 1.90 bits per heavy atom. The molecule has 6 rings (SSSR count). The van der Waals surface area contributed by atoms with Crippen LogP contribution in [0.2, 0.25) is 0 Å². The Morgan fingerprint density at radius 1 is 1.24 bits per heavy atom. The van der Waals surface area contributed by atoms with Crippen molar-refractivity contribution in [2.75, 3.05) is 0 Å². The highest BCUT2D eigenvalue weighted by molar-refractivity contribution is 5.95. The second kappa shape index (κ2) is 6.68. The second-order valence-corrected chi connectivity index (χ2v) is 9.41. The number of carbonyl (C=O) groups is 1. The first-order valence-corrected chi connectivity index (χ1v) is 10.5. The fourth-order valence-electron chi connectivity index (χ4n) is 6.57. The lowest BCUT2D eigenvalue weighted by atomic mass is 9.48. The Labute approximate surface area is 169 Å². The van der Waals surface area contributed by atoms with Crippen LogP contribution in [0.4, 0.5) is 5.69 Å². The number of imidazole rings is 1. The van der Waals surface area contributed by atoms with Gasteiger partial charge in [0.15, 0.2) is 0 Å². The van der Waals surface area contributed by atoms with Gasteiger partial charge in [-0.3, -0.25) is 14.9 Å². The molecule has 4 bridgehead atoms. The first-order valence-electron chi connectivity index (χ1n) is 10.5. The summed E-state index contributed by atoms with van der Waals surface area (Å²) in [5, 5.41) is 14.8. The molecular formula is C22H26N4O3. The molecule has 29 heavy (non-hydrogen) atoms. The number of carbonyl (C=O) groups excluding carboxylic acids is 1. The molecule has 4 aliphatic carbocycles. The van der Waals surface area contributed by atoms with E-state index in [9.17, 15) is 14.9 Å². The number of nitrogens with one attached hydrogen (secondary N) is 1. The van der Waals surface area contributed by atoms with Crippen LogP contribution >= 0.6 is 0 Å². The minimum absolute atomic E-state index is 0.0794. The van der Waals surface area contributed by atoms with E-state index >= 15 is 0 Å². The minimum Gasteiger partial charge on any atom is -0.349 e. The fourth-order valence-corrected chi connectivity index (χ4v) is 6.57. The quantitative estimate of drug-likeness (QED) is 0.610. The lowest BCUT2D eigenvalue weighted by Gasteiger charge is -2.59. The zero-order chi connectivity index (χ0) is 20.2. The molecule has 1 aromatic carbocycles. The molecule has 0 spiro atoms. The maximum absolute atomic E-state index is 13.0. The molecule has 4 aliphatic rings. The van der Waals surface area contributed by atoms with Crippen LogP contribution in [-0.2, 0) is 0 Å². The van der Waals surface area contributed by atoms with Crippen molar-refractivity contribution in [2.24, 2.45) is 23.2 Å². The van der Waals surface area contributed by atoms with Crippen LogP contribution < -0.4 is 5.32 Å². The van der Waals surface area contributed by atoms with Gasteiger partial charge in [0.25, 0.3) is 11.6 Å². The summed E-state index contributed by atoms with van der Waals surface area (Å²) in [6, 6.07) is 4.72. The van der Waals surface area contributed by atoms with E-state index in [1.54, 1.807) is 29.1 Å². The molecule has 1 unspecified atom stereocenters. The predicted octanol–water partition coefficient (Wildman–Crippen LogP) is 4.12. The lowest BCUT2D eigenvalue weighted by Crippen LogP contribution is -2.55. The lowest BCUT2D eigenvalue weighted by molar-refractivity contribution is -0.384. The smallest absolute Gasteiger partial charge is 0.294 e. The van der Waals surface area contributed by atoms with Crippen LogP contribution in [0, 0.1) is 33.3 Å². The fraction of sp³-hybridized carbons (Fsp3) is 0.545. The van der Waals surface area contributed by atoms with Gasteiger partial charge in [-0.25, -0.2) is 4.98 Å². The zero-order valence-electron chi connectivity index (χ0n) is 16.6. The number of amides is 1. The van der Waals surface area contributed by atoms with E-state index in [0.717, 1.165) is 17.8 Å². The van der Waals surface area contributed by atoms with E-state index in [-0.39, 0.29) is 23.1 Å². The second-order valence-electron chi connectivity index (χ2n) is 9.41. The first-order chi connectivity index (χ1) is 13.9. The van der Waals surface area contributed by atoms with Gasteiger partial charge in [-0.1, -0.05) is 0 Å². The standard InChI is InChI=1S/C22H26N4O3/c1-14(22-10-15-6-16(11-22)8-17(7-15)12-22)24-21(27)18-2-3-19(20(9-18)26(28)29)25-5-4-23-13-25/h2-5,9,13-17H,6-8,10-12H2,1H3,(H,24,27). The summed E-state index contributed by atoms with van der Waals surface area (Å²) in [5.41, 5.74) is 0.834. The third kappa shape index (κ3) is 3.12. The molecule has 7 nitrogen and oxygen atoms in total. The van der Waals surface area contributed by atoms with Gasteiger partial charge in [-0.2, -0.15) is 0 Å². The van der Waals surface area contributed by atoms with Crippen molar-refractivity contribution in [3.05, 3.63) is 52.6 Å². The molecule has 152 valence electrons. The highest BCUT2D eigenvalue weighted by Gasteiger charge is 2.53. The van der Waals surface area contributed by atoms with Gasteiger partial charge in [0, 0.05) is 30.1 Å². The normalized spacial score (nSPS) is 30.9. The Morgan fingerprint density at radius 3 is 2.45 bits per heavy atom. The molecule has 1 atom stereocenters. The van der Waals surface area contributed by atoms with E-state index in [0.29, 0.717) is 11.3 Å². The van der Waals surface area contributed by atoms with E-state index in [2.05, 4.69) is 17.2 Å². The highest BCUT2D eigenvalue weighted by atomic mass is 16.6. The summed E-state index contributed by atoms with van der Waals surface area (Å²) in [6.45, 7) is 2.12. The molecule has 4 saturated carbocycles. The number of rotatable bonds is 5. The van der Waals surface area contributed by atoms with Crippen molar-refractivity contribution in [3.8, 4) is 5.69 Å². The van der Waals surface area contributed by atoms with Crippen molar-refractivity contribution in [1.82, 2.24) is 14.9 Å². The van der Waals surface area contributed by atoms with Crippen LogP contribution in [0.15, 0.2) is 36.9 Å². The van der Waals surface area contributed by atoms with Crippen LogP contribution in [0.25, 0.3) is 5.69 Å². The molecule has 1 N–H and O–H groups in total. The largest absolute Gasteiger partial charge is 0.349 e. The minimum atomic E-state index is -0.450. The molecule has 2 aromatic rings. The number of benzene rings is 1. The van der Waals surface area contributed by atoms with Gasteiger partial charge < -0.3 is 9.88 Å². The number of nitro groups is 1. The van der Waals surface area contributed by atoms with Gasteiger partial charge in [-0.15, -0.1) is 0 Å². The van der Waals surface area contributed by atoms with Crippen LogP contribution in [-0.4, -0.2) is 26.4 Å².